The van der Waals surface area contributed by atoms with E-state index in [2.05, 4.69) is 37.4 Å². The van der Waals surface area contributed by atoms with Gasteiger partial charge in [0.05, 0.1) is 11.9 Å². The topological polar surface area (TPSA) is 126 Å². The van der Waals surface area contributed by atoms with Crippen molar-refractivity contribution >= 4 is 23.5 Å². The molecule has 1 aliphatic rings. The maximum Gasteiger partial charge on any atom is 0.279 e. The molecule has 2 aromatic heterocycles. The van der Waals surface area contributed by atoms with Crippen molar-refractivity contribution in [3.05, 3.63) is 66.1 Å². The molecule has 1 aliphatic heterocycles. The molecule has 0 radical (unpaired) electrons. The highest BCUT2D eigenvalue weighted by atomic mass is 16.2. The van der Waals surface area contributed by atoms with Crippen LogP contribution in [0.15, 0.2) is 54.9 Å². The summed E-state index contributed by atoms with van der Waals surface area (Å²) in [6.45, 7) is 4.88. The number of nitrogens with zero attached hydrogens (tertiary/aromatic N) is 4. The number of nitrogens with two attached hydrogens (primary N) is 1. The Morgan fingerprint density at radius 1 is 1.12 bits per heavy atom. The fourth-order valence-corrected chi connectivity index (χ4v) is 3.96. The SMILES string of the molecule is CCN1CCCC1CNC(=O)c1ccc(-c2cnc(N)c(C(=O)Nc3ccccn3)n2)cc1. The van der Waals surface area contributed by atoms with Crippen molar-refractivity contribution in [1.82, 2.24) is 25.2 Å². The molecule has 2 amide bonds. The van der Waals surface area contributed by atoms with Gasteiger partial charge in [-0.1, -0.05) is 25.1 Å². The second kappa shape index (κ2) is 10.2. The van der Waals surface area contributed by atoms with Crippen LogP contribution in [-0.4, -0.2) is 57.3 Å². The van der Waals surface area contributed by atoms with E-state index in [9.17, 15) is 9.59 Å². The minimum atomic E-state index is -0.496. The van der Waals surface area contributed by atoms with Crippen molar-refractivity contribution in [3.63, 3.8) is 0 Å². The molecule has 4 N–H and O–H groups in total. The van der Waals surface area contributed by atoms with Crippen molar-refractivity contribution in [3.8, 4) is 11.3 Å². The van der Waals surface area contributed by atoms with Gasteiger partial charge in [-0.25, -0.2) is 15.0 Å². The molecule has 1 atom stereocenters. The molecule has 9 nitrogen and oxygen atoms in total. The minimum Gasteiger partial charge on any atom is -0.382 e. The normalized spacial score (nSPS) is 15.8. The van der Waals surface area contributed by atoms with Gasteiger partial charge in [0.1, 0.15) is 5.82 Å². The largest absolute Gasteiger partial charge is 0.382 e. The lowest BCUT2D eigenvalue weighted by molar-refractivity contribution is 0.0940. The lowest BCUT2D eigenvalue weighted by Crippen LogP contribution is -2.40. The zero-order valence-corrected chi connectivity index (χ0v) is 18.5. The van der Waals surface area contributed by atoms with Crippen LogP contribution >= 0.6 is 0 Å². The predicted octanol–water partition coefficient (Wildman–Crippen LogP) is 2.59. The highest BCUT2D eigenvalue weighted by Crippen LogP contribution is 2.20. The van der Waals surface area contributed by atoms with E-state index in [4.69, 9.17) is 5.73 Å². The van der Waals surface area contributed by atoms with Gasteiger partial charge in [-0.05, 0) is 50.2 Å². The number of benzene rings is 1. The summed E-state index contributed by atoms with van der Waals surface area (Å²) in [4.78, 5) is 40.1. The number of likely N-dealkylation sites (N-methyl/N-ethyl adjacent to an activating group) is 1. The molecule has 170 valence electrons. The molecule has 0 bridgehead atoms. The maximum absolute atomic E-state index is 12.6. The van der Waals surface area contributed by atoms with Crippen LogP contribution in [-0.2, 0) is 0 Å². The smallest absolute Gasteiger partial charge is 0.279 e. The van der Waals surface area contributed by atoms with Crippen LogP contribution in [0.5, 0.6) is 0 Å². The molecule has 33 heavy (non-hydrogen) atoms. The van der Waals surface area contributed by atoms with Gasteiger partial charge in [-0.15, -0.1) is 0 Å². The van der Waals surface area contributed by atoms with Crippen molar-refractivity contribution in [1.29, 1.82) is 0 Å². The first-order valence-electron chi connectivity index (χ1n) is 11.0. The van der Waals surface area contributed by atoms with Gasteiger partial charge in [-0.3, -0.25) is 14.5 Å². The Hall–Kier alpha value is -3.85. The van der Waals surface area contributed by atoms with Gasteiger partial charge in [0, 0.05) is 29.9 Å². The fourth-order valence-electron chi connectivity index (χ4n) is 3.96. The summed E-state index contributed by atoms with van der Waals surface area (Å²) in [5, 5.41) is 5.69. The van der Waals surface area contributed by atoms with Gasteiger partial charge in [0.25, 0.3) is 11.8 Å². The van der Waals surface area contributed by atoms with Crippen molar-refractivity contribution in [2.24, 2.45) is 0 Å². The predicted molar refractivity (Wildman–Crippen MR) is 127 cm³/mol. The van der Waals surface area contributed by atoms with E-state index >= 15 is 0 Å². The third kappa shape index (κ3) is 5.32. The summed E-state index contributed by atoms with van der Waals surface area (Å²) < 4.78 is 0. The Morgan fingerprint density at radius 2 is 1.94 bits per heavy atom. The Balaban J connectivity index is 1.43. The van der Waals surface area contributed by atoms with E-state index < -0.39 is 5.91 Å². The summed E-state index contributed by atoms with van der Waals surface area (Å²) >= 11 is 0. The molecule has 0 saturated carbocycles. The van der Waals surface area contributed by atoms with Crippen molar-refractivity contribution in [2.75, 3.05) is 30.7 Å². The first-order valence-corrected chi connectivity index (χ1v) is 11.0. The number of pyridine rings is 1. The molecule has 3 aromatic rings. The molecule has 3 heterocycles. The highest BCUT2D eigenvalue weighted by Gasteiger charge is 2.23. The van der Waals surface area contributed by atoms with Crippen LogP contribution in [0.25, 0.3) is 11.3 Å². The molecule has 1 unspecified atom stereocenters. The first kappa shape index (κ1) is 22.3. The lowest BCUT2D eigenvalue weighted by Gasteiger charge is -2.22. The van der Waals surface area contributed by atoms with Crippen LogP contribution in [0.4, 0.5) is 11.6 Å². The van der Waals surface area contributed by atoms with Crippen LogP contribution in [0.1, 0.15) is 40.6 Å². The second-order valence-corrected chi connectivity index (χ2v) is 7.87. The summed E-state index contributed by atoms with van der Waals surface area (Å²) in [5.74, 6) is -0.187. The quantitative estimate of drug-likeness (QED) is 0.510. The van der Waals surface area contributed by atoms with Crippen LogP contribution in [0.3, 0.4) is 0 Å². The number of carbonyl (C=O) groups excluding carboxylic acids is 2. The molecule has 0 spiro atoms. The average molecular weight is 446 g/mol. The number of aromatic nitrogens is 3. The Labute approximate surface area is 192 Å². The van der Waals surface area contributed by atoms with Gasteiger partial charge < -0.3 is 16.4 Å². The Kier molecular flexibility index (Phi) is 6.89. The van der Waals surface area contributed by atoms with Gasteiger partial charge in [0.2, 0.25) is 0 Å². The number of carbonyl (C=O) groups is 2. The van der Waals surface area contributed by atoms with E-state index in [1.54, 1.807) is 48.7 Å². The number of hydrogen-bond acceptors (Lipinski definition) is 7. The average Bonchev–Trinajstić information content (AvgIpc) is 3.31. The second-order valence-electron chi connectivity index (χ2n) is 7.87. The third-order valence-electron chi connectivity index (χ3n) is 5.77. The molecule has 1 aromatic carbocycles. The van der Waals surface area contributed by atoms with E-state index in [1.165, 1.54) is 12.6 Å². The number of hydrogen-bond donors (Lipinski definition) is 3. The molecule has 4 rings (SSSR count). The van der Waals surface area contributed by atoms with Gasteiger partial charge >= 0.3 is 0 Å². The number of anilines is 2. The lowest BCUT2D eigenvalue weighted by atomic mass is 10.1. The van der Waals surface area contributed by atoms with E-state index in [-0.39, 0.29) is 17.4 Å². The van der Waals surface area contributed by atoms with E-state index in [0.717, 1.165) is 25.1 Å². The summed E-state index contributed by atoms with van der Waals surface area (Å²) in [6.07, 6.45) is 5.36. The Bertz CT molecular complexity index is 1120. The minimum absolute atomic E-state index is 0.0111. The number of likely N-dealkylation sites (tertiary alicyclic amines) is 1. The number of nitrogen functional groups attached to an aromatic ring is 1. The zero-order chi connectivity index (χ0) is 23.2. The molecule has 0 aliphatic carbocycles. The van der Waals surface area contributed by atoms with Gasteiger partial charge in [-0.2, -0.15) is 0 Å². The summed E-state index contributed by atoms with van der Waals surface area (Å²) in [7, 11) is 0. The molecule has 1 saturated heterocycles. The Morgan fingerprint density at radius 3 is 2.67 bits per heavy atom. The number of nitrogens with one attached hydrogen (secondary N) is 2. The number of amides is 2. The van der Waals surface area contributed by atoms with Crippen LogP contribution in [0, 0.1) is 0 Å². The molecular weight excluding hydrogens is 418 g/mol. The number of rotatable bonds is 7. The first-order chi connectivity index (χ1) is 16.0. The third-order valence-corrected chi connectivity index (χ3v) is 5.77. The van der Waals surface area contributed by atoms with Gasteiger partial charge in [0.15, 0.2) is 11.5 Å². The standard InChI is InChI=1S/C24H27N7O2/c1-2-31-13-5-6-18(31)14-28-23(32)17-10-8-16(9-11-17)19-15-27-22(25)21(29-19)24(33)30-20-7-3-4-12-26-20/h3-4,7-12,15,18H,2,5-6,13-14H2,1H3,(H2,25,27)(H,28,32)(H,26,30,33). The van der Waals surface area contributed by atoms with Crippen molar-refractivity contribution < 1.29 is 9.59 Å². The summed E-state index contributed by atoms with van der Waals surface area (Å²) in [5.41, 5.74) is 7.66. The van der Waals surface area contributed by atoms with Crippen LogP contribution < -0.4 is 16.4 Å². The monoisotopic (exact) mass is 445 g/mol. The maximum atomic E-state index is 12.6. The molecular formula is C24H27N7O2. The van der Waals surface area contributed by atoms with Crippen LogP contribution in [0.2, 0.25) is 0 Å². The van der Waals surface area contributed by atoms with Crippen molar-refractivity contribution in [2.45, 2.75) is 25.8 Å². The fraction of sp³-hybridized carbons (Fsp3) is 0.292. The summed E-state index contributed by atoms with van der Waals surface area (Å²) in [6, 6.07) is 12.6. The van der Waals surface area contributed by atoms with E-state index in [1.807, 2.05) is 0 Å². The molecule has 1 fully saturated rings. The zero-order valence-electron chi connectivity index (χ0n) is 18.5. The van der Waals surface area contributed by atoms with E-state index in [0.29, 0.717) is 29.7 Å². The molecule has 9 heteroatoms. The highest BCUT2D eigenvalue weighted by molar-refractivity contribution is 6.05.